The van der Waals surface area contributed by atoms with Gasteiger partial charge in [-0.1, -0.05) is 32.0 Å². The van der Waals surface area contributed by atoms with E-state index in [4.69, 9.17) is 0 Å². The molecule has 132 valence electrons. The van der Waals surface area contributed by atoms with Gasteiger partial charge in [0.25, 0.3) is 5.91 Å². The average molecular weight is 340 g/mol. The van der Waals surface area contributed by atoms with Crippen molar-refractivity contribution in [2.24, 2.45) is 0 Å². The summed E-state index contributed by atoms with van der Waals surface area (Å²) in [6, 6.07) is 12.3. The monoisotopic (exact) mass is 340 g/mol. The van der Waals surface area contributed by atoms with Crippen molar-refractivity contribution in [1.82, 2.24) is 4.90 Å². The number of anilines is 1. The van der Waals surface area contributed by atoms with Gasteiger partial charge in [0.2, 0.25) is 0 Å². The largest absolute Gasteiger partial charge is 0.368 e. The first-order valence-corrected chi connectivity index (χ1v) is 9.04. The summed E-state index contributed by atoms with van der Waals surface area (Å²) in [7, 11) is 0. The summed E-state index contributed by atoms with van der Waals surface area (Å²) in [5, 5.41) is 0. The normalized spacial score (nSPS) is 14.7. The second kappa shape index (κ2) is 7.68. The van der Waals surface area contributed by atoms with Crippen LogP contribution in [0.3, 0.4) is 0 Å². The second-order valence-corrected chi connectivity index (χ2v) is 6.42. The first-order chi connectivity index (χ1) is 12.1. The van der Waals surface area contributed by atoms with Crippen LogP contribution in [-0.2, 0) is 12.8 Å². The number of amides is 1. The third-order valence-electron chi connectivity index (χ3n) is 4.94. The zero-order chi connectivity index (χ0) is 17.8. The zero-order valence-electron chi connectivity index (χ0n) is 15.0. The van der Waals surface area contributed by atoms with Gasteiger partial charge in [0.1, 0.15) is 5.82 Å². The molecule has 0 radical (unpaired) electrons. The Morgan fingerprint density at radius 3 is 2.00 bits per heavy atom. The van der Waals surface area contributed by atoms with E-state index in [2.05, 4.69) is 36.9 Å². The van der Waals surface area contributed by atoms with Crippen molar-refractivity contribution in [2.45, 2.75) is 26.7 Å². The van der Waals surface area contributed by atoms with Crippen LogP contribution in [0.5, 0.6) is 0 Å². The molecule has 0 spiro atoms. The van der Waals surface area contributed by atoms with Gasteiger partial charge in [-0.05, 0) is 48.2 Å². The molecule has 1 aliphatic rings. The van der Waals surface area contributed by atoms with Gasteiger partial charge in [-0.2, -0.15) is 0 Å². The maximum Gasteiger partial charge on any atom is 0.253 e. The smallest absolute Gasteiger partial charge is 0.253 e. The van der Waals surface area contributed by atoms with Gasteiger partial charge in [0.15, 0.2) is 0 Å². The maximum atomic E-state index is 13.0. The number of benzene rings is 2. The molecule has 0 unspecified atom stereocenters. The minimum absolute atomic E-state index is 0.0147. The van der Waals surface area contributed by atoms with Gasteiger partial charge in [-0.25, -0.2) is 4.39 Å². The van der Waals surface area contributed by atoms with Crippen molar-refractivity contribution in [1.29, 1.82) is 0 Å². The Bertz CT molecular complexity index is 712. The van der Waals surface area contributed by atoms with E-state index in [1.54, 1.807) is 12.1 Å². The highest BCUT2D eigenvalue weighted by atomic mass is 19.1. The Kier molecular flexibility index (Phi) is 5.37. The van der Waals surface area contributed by atoms with Crippen LogP contribution in [-0.4, -0.2) is 37.0 Å². The van der Waals surface area contributed by atoms with Gasteiger partial charge in [-0.15, -0.1) is 0 Å². The molecule has 0 saturated carbocycles. The lowest BCUT2D eigenvalue weighted by Crippen LogP contribution is -2.49. The van der Waals surface area contributed by atoms with E-state index < -0.39 is 0 Å². The number of rotatable bonds is 4. The van der Waals surface area contributed by atoms with E-state index in [-0.39, 0.29) is 11.7 Å². The number of carbonyl (C=O) groups is 1. The Balaban J connectivity index is 1.72. The lowest BCUT2D eigenvalue weighted by atomic mass is 10.0. The van der Waals surface area contributed by atoms with Crippen LogP contribution in [0.2, 0.25) is 0 Å². The number of halogens is 1. The number of aryl methyl sites for hydroxylation is 2. The molecule has 0 bridgehead atoms. The van der Waals surface area contributed by atoms with Gasteiger partial charge >= 0.3 is 0 Å². The van der Waals surface area contributed by atoms with Gasteiger partial charge < -0.3 is 9.80 Å². The fourth-order valence-corrected chi connectivity index (χ4v) is 3.53. The van der Waals surface area contributed by atoms with Crippen LogP contribution in [0.25, 0.3) is 0 Å². The molecular weight excluding hydrogens is 315 g/mol. The molecule has 1 fully saturated rings. The van der Waals surface area contributed by atoms with Crippen molar-refractivity contribution in [3.63, 3.8) is 0 Å². The van der Waals surface area contributed by atoms with E-state index >= 15 is 0 Å². The lowest BCUT2D eigenvalue weighted by molar-refractivity contribution is 0.0746. The Hall–Kier alpha value is -2.36. The van der Waals surface area contributed by atoms with Crippen LogP contribution in [0, 0.1) is 5.82 Å². The minimum Gasteiger partial charge on any atom is -0.368 e. The molecule has 0 aliphatic carbocycles. The summed E-state index contributed by atoms with van der Waals surface area (Å²) in [6.45, 7) is 7.42. The Labute approximate surface area is 149 Å². The topological polar surface area (TPSA) is 23.6 Å². The zero-order valence-corrected chi connectivity index (χ0v) is 15.0. The van der Waals surface area contributed by atoms with E-state index in [1.807, 2.05) is 4.90 Å². The van der Waals surface area contributed by atoms with E-state index in [1.165, 1.54) is 28.9 Å². The molecule has 2 aromatic carbocycles. The first-order valence-electron chi connectivity index (χ1n) is 9.04. The summed E-state index contributed by atoms with van der Waals surface area (Å²) in [5.41, 5.74) is 4.65. The SMILES string of the molecule is CCc1cccc(CC)c1N1CCN(C(=O)c2ccc(F)cc2)CC1. The molecule has 1 saturated heterocycles. The molecule has 0 atom stereocenters. The number of hydrogen-bond acceptors (Lipinski definition) is 2. The van der Waals surface area contributed by atoms with Crippen molar-refractivity contribution in [2.75, 3.05) is 31.1 Å². The minimum atomic E-state index is -0.315. The average Bonchev–Trinajstić information content (AvgIpc) is 2.67. The van der Waals surface area contributed by atoms with E-state index in [0.29, 0.717) is 18.7 Å². The van der Waals surface area contributed by atoms with Crippen molar-refractivity contribution in [3.8, 4) is 0 Å². The molecule has 1 amide bonds. The summed E-state index contributed by atoms with van der Waals surface area (Å²) in [4.78, 5) is 16.9. The molecule has 25 heavy (non-hydrogen) atoms. The number of para-hydroxylation sites is 1. The predicted octanol–water partition coefficient (Wildman–Crippen LogP) is 3.91. The van der Waals surface area contributed by atoms with Gasteiger partial charge in [0, 0.05) is 37.4 Å². The fourth-order valence-electron chi connectivity index (χ4n) is 3.53. The van der Waals surface area contributed by atoms with Gasteiger partial charge in [-0.3, -0.25) is 4.79 Å². The number of carbonyl (C=O) groups excluding carboxylic acids is 1. The maximum absolute atomic E-state index is 13.0. The number of nitrogens with zero attached hydrogens (tertiary/aromatic N) is 2. The Morgan fingerprint density at radius 1 is 0.920 bits per heavy atom. The van der Waals surface area contributed by atoms with Crippen LogP contribution < -0.4 is 4.90 Å². The van der Waals surface area contributed by atoms with Crippen molar-refractivity contribution < 1.29 is 9.18 Å². The molecule has 2 aromatic rings. The highest BCUT2D eigenvalue weighted by Crippen LogP contribution is 2.28. The van der Waals surface area contributed by atoms with E-state index in [0.717, 1.165) is 25.9 Å². The molecule has 3 rings (SSSR count). The first kappa shape index (κ1) is 17.5. The van der Waals surface area contributed by atoms with Crippen LogP contribution in [0.4, 0.5) is 10.1 Å². The van der Waals surface area contributed by atoms with Crippen LogP contribution in [0.15, 0.2) is 42.5 Å². The lowest BCUT2D eigenvalue weighted by Gasteiger charge is -2.38. The second-order valence-electron chi connectivity index (χ2n) is 6.42. The third kappa shape index (κ3) is 3.68. The van der Waals surface area contributed by atoms with Crippen molar-refractivity contribution in [3.05, 3.63) is 65.0 Å². The van der Waals surface area contributed by atoms with Crippen LogP contribution in [0.1, 0.15) is 35.3 Å². The fraction of sp³-hybridized carbons (Fsp3) is 0.381. The number of piperazine rings is 1. The quantitative estimate of drug-likeness (QED) is 0.842. The third-order valence-corrected chi connectivity index (χ3v) is 4.94. The Morgan fingerprint density at radius 2 is 1.48 bits per heavy atom. The van der Waals surface area contributed by atoms with Crippen LogP contribution >= 0.6 is 0 Å². The standard InChI is InChI=1S/C21H25FN2O/c1-3-16-6-5-7-17(4-2)20(16)23-12-14-24(15-13-23)21(25)18-8-10-19(22)11-9-18/h5-11H,3-4,12-15H2,1-2H3. The summed E-state index contributed by atoms with van der Waals surface area (Å²) >= 11 is 0. The molecule has 0 aromatic heterocycles. The highest BCUT2D eigenvalue weighted by molar-refractivity contribution is 5.94. The molecule has 0 N–H and O–H groups in total. The van der Waals surface area contributed by atoms with Gasteiger partial charge in [0.05, 0.1) is 0 Å². The summed E-state index contributed by atoms with van der Waals surface area (Å²) < 4.78 is 13.0. The molecule has 4 heteroatoms. The number of hydrogen-bond donors (Lipinski definition) is 0. The van der Waals surface area contributed by atoms with Crippen molar-refractivity contribution >= 4 is 11.6 Å². The molecule has 1 heterocycles. The predicted molar refractivity (Wildman–Crippen MR) is 99.7 cm³/mol. The summed E-state index contributed by atoms with van der Waals surface area (Å²) in [5.74, 6) is -0.330. The molecule has 3 nitrogen and oxygen atoms in total. The molecular formula is C21H25FN2O. The highest BCUT2D eigenvalue weighted by Gasteiger charge is 2.24. The van der Waals surface area contributed by atoms with E-state index in [9.17, 15) is 9.18 Å². The molecule has 1 aliphatic heterocycles. The summed E-state index contributed by atoms with van der Waals surface area (Å²) in [6.07, 6.45) is 2.02.